The summed E-state index contributed by atoms with van der Waals surface area (Å²) in [4.78, 5) is 54.1. The standard InChI is InChI=1S/C21H20N4O5S/c1-12-16-18(23-14-8-5-9-25(14)19(16)27)31-17(12)20(28)30-11-15(26)24-21(29)22-10-13-6-3-2-4-7-13/h2-4,6-7H,5,8-11H2,1H3,(H2,22,24,26,29). The zero-order valence-electron chi connectivity index (χ0n) is 16.8. The number of carbonyl (C=O) groups excluding carboxylic acids is 3. The normalized spacial score (nSPS) is 12.4. The molecule has 2 N–H and O–H groups in total. The predicted octanol–water partition coefficient (Wildman–Crippen LogP) is 1.90. The van der Waals surface area contributed by atoms with Crippen LogP contribution in [0.1, 0.15) is 33.0 Å². The number of nitrogens with zero attached hydrogens (tertiary/aromatic N) is 2. The van der Waals surface area contributed by atoms with Crippen LogP contribution in [0.5, 0.6) is 0 Å². The number of aromatic nitrogens is 2. The molecule has 0 bridgehead atoms. The van der Waals surface area contributed by atoms with Gasteiger partial charge >= 0.3 is 12.0 Å². The zero-order chi connectivity index (χ0) is 22.0. The van der Waals surface area contributed by atoms with Crippen molar-refractivity contribution in [2.75, 3.05) is 6.61 Å². The van der Waals surface area contributed by atoms with Gasteiger partial charge in [-0.3, -0.25) is 19.5 Å². The van der Waals surface area contributed by atoms with E-state index in [0.29, 0.717) is 22.3 Å². The minimum Gasteiger partial charge on any atom is -0.451 e. The molecule has 0 aliphatic carbocycles. The molecule has 1 aliphatic heterocycles. The van der Waals surface area contributed by atoms with Crippen molar-refractivity contribution in [3.05, 3.63) is 62.5 Å². The molecule has 160 valence electrons. The fourth-order valence-electron chi connectivity index (χ4n) is 3.45. The van der Waals surface area contributed by atoms with Gasteiger partial charge < -0.3 is 10.1 Å². The van der Waals surface area contributed by atoms with Crippen molar-refractivity contribution in [2.24, 2.45) is 0 Å². The van der Waals surface area contributed by atoms with E-state index in [1.807, 2.05) is 30.3 Å². The summed E-state index contributed by atoms with van der Waals surface area (Å²) < 4.78 is 6.68. The van der Waals surface area contributed by atoms with E-state index >= 15 is 0 Å². The molecule has 3 aromatic rings. The maximum Gasteiger partial charge on any atom is 0.349 e. The summed E-state index contributed by atoms with van der Waals surface area (Å²) in [5.41, 5.74) is 1.22. The van der Waals surface area contributed by atoms with E-state index in [-0.39, 0.29) is 17.0 Å². The van der Waals surface area contributed by atoms with E-state index in [1.165, 1.54) is 0 Å². The number of esters is 1. The van der Waals surface area contributed by atoms with Crippen LogP contribution in [-0.4, -0.2) is 34.1 Å². The molecule has 3 heterocycles. The van der Waals surface area contributed by atoms with Crippen LogP contribution in [0.15, 0.2) is 35.1 Å². The van der Waals surface area contributed by atoms with Crippen LogP contribution in [0.3, 0.4) is 0 Å². The number of hydrogen-bond acceptors (Lipinski definition) is 7. The summed E-state index contributed by atoms with van der Waals surface area (Å²) in [6.07, 6.45) is 1.61. The largest absolute Gasteiger partial charge is 0.451 e. The molecule has 0 saturated heterocycles. The molecular weight excluding hydrogens is 420 g/mol. The van der Waals surface area contributed by atoms with Crippen LogP contribution in [-0.2, 0) is 29.0 Å². The van der Waals surface area contributed by atoms with Crippen molar-refractivity contribution in [1.29, 1.82) is 0 Å². The van der Waals surface area contributed by atoms with Crippen LogP contribution in [0.25, 0.3) is 10.2 Å². The van der Waals surface area contributed by atoms with Crippen LogP contribution in [0, 0.1) is 6.92 Å². The van der Waals surface area contributed by atoms with Gasteiger partial charge in [-0.15, -0.1) is 11.3 Å². The number of benzene rings is 1. The quantitative estimate of drug-likeness (QED) is 0.585. The zero-order valence-corrected chi connectivity index (χ0v) is 17.6. The molecular formula is C21H20N4O5S. The number of rotatable bonds is 5. The Morgan fingerprint density at radius 3 is 2.77 bits per heavy atom. The van der Waals surface area contributed by atoms with Crippen LogP contribution >= 0.6 is 11.3 Å². The molecule has 0 fully saturated rings. The molecule has 0 unspecified atom stereocenters. The summed E-state index contributed by atoms with van der Waals surface area (Å²) in [6, 6.07) is 8.54. The Kier molecular flexibility index (Phi) is 5.81. The lowest BCUT2D eigenvalue weighted by molar-refractivity contribution is -0.123. The smallest absolute Gasteiger partial charge is 0.349 e. The lowest BCUT2D eigenvalue weighted by Gasteiger charge is -2.07. The number of fused-ring (bicyclic) bond motifs is 2. The molecule has 0 saturated carbocycles. The highest BCUT2D eigenvalue weighted by Crippen LogP contribution is 2.29. The van der Waals surface area contributed by atoms with E-state index in [1.54, 1.807) is 11.5 Å². The van der Waals surface area contributed by atoms with Gasteiger partial charge in [0.2, 0.25) is 0 Å². The lowest BCUT2D eigenvalue weighted by atomic mass is 10.2. The first-order valence-electron chi connectivity index (χ1n) is 9.75. The molecule has 0 atom stereocenters. The fraction of sp³-hybridized carbons (Fsp3) is 0.286. The van der Waals surface area contributed by atoms with Crippen molar-refractivity contribution < 1.29 is 19.1 Å². The van der Waals surface area contributed by atoms with Crippen LogP contribution < -0.4 is 16.2 Å². The SMILES string of the molecule is Cc1c(C(=O)OCC(=O)NC(=O)NCc2ccccc2)sc2nc3n(c(=O)c12)CCC3. The number of urea groups is 1. The highest BCUT2D eigenvalue weighted by molar-refractivity contribution is 7.20. The Morgan fingerprint density at radius 2 is 2.00 bits per heavy atom. The predicted molar refractivity (Wildman–Crippen MR) is 114 cm³/mol. The third-order valence-corrected chi connectivity index (χ3v) is 6.15. The van der Waals surface area contributed by atoms with Gasteiger partial charge in [0.25, 0.3) is 11.5 Å². The first kappa shape index (κ1) is 20.7. The summed E-state index contributed by atoms with van der Waals surface area (Å²) in [7, 11) is 0. The van der Waals surface area contributed by atoms with Gasteiger partial charge in [0.05, 0.1) is 5.39 Å². The van der Waals surface area contributed by atoms with E-state index in [4.69, 9.17) is 4.74 Å². The Balaban J connectivity index is 1.35. The van der Waals surface area contributed by atoms with Gasteiger partial charge in [-0.2, -0.15) is 0 Å². The number of aryl methyl sites for hydroxylation is 2. The minimum absolute atomic E-state index is 0.155. The fourth-order valence-corrected chi connectivity index (χ4v) is 4.54. The number of imide groups is 1. The molecule has 0 spiro atoms. The van der Waals surface area contributed by atoms with Crippen molar-refractivity contribution in [3.8, 4) is 0 Å². The van der Waals surface area contributed by atoms with E-state index < -0.39 is 24.5 Å². The summed E-state index contributed by atoms with van der Waals surface area (Å²) >= 11 is 1.07. The van der Waals surface area contributed by atoms with E-state index in [9.17, 15) is 19.2 Å². The molecule has 0 radical (unpaired) electrons. The lowest BCUT2D eigenvalue weighted by Crippen LogP contribution is -2.41. The highest BCUT2D eigenvalue weighted by Gasteiger charge is 2.24. The second-order valence-electron chi connectivity index (χ2n) is 7.12. The van der Waals surface area contributed by atoms with Crippen molar-refractivity contribution in [3.63, 3.8) is 0 Å². The maximum absolute atomic E-state index is 12.7. The molecule has 2 aromatic heterocycles. The van der Waals surface area contributed by atoms with Crippen molar-refractivity contribution in [1.82, 2.24) is 20.2 Å². The van der Waals surface area contributed by atoms with Gasteiger partial charge in [0.1, 0.15) is 15.5 Å². The summed E-state index contributed by atoms with van der Waals surface area (Å²) in [5.74, 6) is -0.765. The van der Waals surface area contributed by atoms with Gasteiger partial charge in [-0.05, 0) is 24.5 Å². The number of carbonyl (C=O) groups is 3. The minimum atomic E-state index is -0.755. The molecule has 1 aliphatic rings. The van der Waals surface area contributed by atoms with Gasteiger partial charge in [0, 0.05) is 19.5 Å². The Morgan fingerprint density at radius 1 is 1.23 bits per heavy atom. The summed E-state index contributed by atoms with van der Waals surface area (Å²) in [6.45, 7) is 1.93. The highest BCUT2D eigenvalue weighted by atomic mass is 32.1. The number of amides is 3. The van der Waals surface area contributed by atoms with Crippen molar-refractivity contribution >= 4 is 39.5 Å². The molecule has 4 rings (SSSR count). The van der Waals surface area contributed by atoms with Crippen molar-refractivity contribution in [2.45, 2.75) is 32.9 Å². The molecule has 9 nitrogen and oxygen atoms in total. The average Bonchev–Trinajstić information content (AvgIpc) is 3.36. The van der Waals surface area contributed by atoms with Gasteiger partial charge in [-0.1, -0.05) is 30.3 Å². The van der Waals surface area contributed by atoms with E-state index in [2.05, 4.69) is 15.6 Å². The number of nitrogens with one attached hydrogen (secondary N) is 2. The number of ether oxygens (including phenoxy) is 1. The second kappa shape index (κ2) is 8.68. The Labute approximate surface area is 181 Å². The maximum atomic E-state index is 12.7. The van der Waals surface area contributed by atoms with Gasteiger partial charge in [-0.25, -0.2) is 14.6 Å². The molecule has 1 aromatic carbocycles. The summed E-state index contributed by atoms with van der Waals surface area (Å²) in [5, 5.41) is 5.07. The van der Waals surface area contributed by atoms with Crippen LogP contribution in [0.4, 0.5) is 4.79 Å². The third kappa shape index (κ3) is 4.33. The average molecular weight is 440 g/mol. The monoisotopic (exact) mass is 440 g/mol. The first-order valence-corrected chi connectivity index (χ1v) is 10.6. The third-order valence-electron chi connectivity index (χ3n) is 4.98. The van der Waals surface area contributed by atoms with E-state index in [0.717, 1.165) is 35.6 Å². The topological polar surface area (TPSA) is 119 Å². The number of thiophene rings is 1. The molecule has 3 amide bonds. The van der Waals surface area contributed by atoms with Crippen LogP contribution in [0.2, 0.25) is 0 Å². The number of hydrogen-bond donors (Lipinski definition) is 2. The molecule has 31 heavy (non-hydrogen) atoms. The molecule has 10 heteroatoms. The first-order chi connectivity index (χ1) is 14.9. The Hall–Kier alpha value is -3.53. The van der Waals surface area contributed by atoms with Gasteiger partial charge in [0.15, 0.2) is 6.61 Å². The second-order valence-corrected chi connectivity index (χ2v) is 8.12. The Bertz CT molecular complexity index is 1230.